The quantitative estimate of drug-likeness (QED) is 0.810. The van der Waals surface area contributed by atoms with Crippen molar-refractivity contribution in [2.24, 2.45) is 0 Å². The molecule has 6 heteroatoms. The van der Waals surface area contributed by atoms with Crippen LogP contribution in [0.4, 0.5) is 0 Å². The second-order valence-corrected chi connectivity index (χ2v) is 4.98. The number of aliphatic hydroxyl groups is 1. The van der Waals surface area contributed by atoms with E-state index in [-0.39, 0.29) is 11.5 Å². The summed E-state index contributed by atoms with van der Waals surface area (Å²) in [5.41, 5.74) is -1.67. The highest BCUT2D eigenvalue weighted by molar-refractivity contribution is 9.10. The smallest absolute Gasteiger partial charge is 0.339 e. The van der Waals surface area contributed by atoms with Crippen molar-refractivity contribution in [3.05, 3.63) is 28.2 Å². The molecule has 0 saturated heterocycles. The van der Waals surface area contributed by atoms with E-state index in [1.165, 1.54) is 6.92 Å². The number of carboxylic acid groups (broad SMARTS) is 1. The van der Waals surface area contributed by atoms with Gasteiger partial charge in [-0.15, -0.1) is 0 Å². The summed E-state index contributed by atoms with van der Waals surface area (Å²) in [6, 6.07) is 4.78. The minimum atomic E-state index is -2.00. The largest absolute Gasteiger partial charge is 0.489 e. The molecule has 98 valence electrons. The Morgan fingerprint density at radius 1 is 1.44 bits per heavy atom. The fourth-order valence-corrected chi connectivity index (χ4v) is 1.54. The summed E-state index contributed by atoms with van der Waals surface area (Å²) in [6.45, 7) is 2.07. The van der Waals surface area contributed by atoms with E-state index in [9.17, 15) is 14.7 Å². The molecule has 1 atom stereocenters. The molecule has 0 amide bonds. The molecule has 0 radical (unpaired) electrons. The van der Waals surface area contributed by atoms with Crippen LogP contribution < -0.4 is 4.74 Å². The zero-order chi connectivity index (χ0) is 13.9. The number of ketones is 1. The first-order valence-electron chi connectivity index (χ1n) is 5.13. The zero-order valence-corrected chi connectivity index (χ0v) is 11.5. The van der Waals surface area contributed by atoms with Gasteiger partial charge in [-0.2, -0.15) is 0 Å². The van der Waals surface area contributed by atoms with E-state index in [1.54, 1.807) is 18.2 Å². The van der Waals surface area contributed by atoms with E-state index < -0.39 is 18.2 Å². The Kier molecular flexibility index (Phi) is 4.48. The van der Waals surface area contributed by atoms with Gasteiger partial charge in [0.15, 0.2) is 11.4 Å². The Morgan fingerprint density at radius 2 is 2.06 bits per heavy atom. The Hall–Kier alpha value is -1.40. The number of ether oxygens (including phenoxy) is 1. The van der Waals surface area contributed by atoms with Gasteiger partial charge in [0.1, 0.15) is 12.4 Å². The third-order valence-electron chi connectivity index (χ3n) is 2.29. The topological polar surface area (TPSA) is 83.8 Å². The fourth-order valence-electron chi connectivity index (χ4n) is 1.18. The lowest BCUT2D eigenvalue weighted by Crippen LogP contribution is -2.41. The van der Waals surface area contributed by atoms with Crippen LogP contribution in [-0.4, -0.2) is 34.2 Å². The highest BCUT2D eigenvalue weighted by atomic mass is 79.9. The van der Waals surface area contributed by atoms with Crippen LogP contribution in [-0.2, 0) is 4.79 Å². The normalized spacial score (nSPS) is 13.8. The first-order valence-corrected chi connectivity index (χ1v) is 5.92. The molecular formula is C12H13BrO5. The number of aliphatic carboxylic acids is 1. The summed E-state index contributed by atoms with van der Waals surface area (Å²) in [7, 11) is 0. The molecule has 1 aromatic rings. The molecule has 0 bridgehead atoms. The molecule has 0 fully saturated rings. The lowest BCUT2D eigenvalue weighted by atomic mass is 10.1. The third-order valence-corrected chi connectivity index (χ3v) is 2.78. The van der Waals surface area contributed by atoms with Crippen LogP contribution >= 0.6 is 15.9 Å². The lowest BCUT2D eigenvalue weighted by Gasteiger charge is -2.19. The Bertz CT molecular complexity index is 481. The SMILES string of the molecule is CC(=O)c1cc(Br)ccc1OCC(C)(O)C(=O)O. The molecule has 0 aliphatic rings. The summed E-state index contributed by atoms with van der Waals surface area (Å²) in [5.74, 6) is -1.35. The van der Waals surface area contributed by atoms with Crippen molar-refractivity contribution >= 4 is 27.7 Å². The number of Topliss-reactive ketones (excluding diaryl/α,β-unsaturated/α-hetero) is 1. The lowest BCUT2D eigenvalue weighted by molar-refractivity contribution is -0.159. The second kappa shape index (κ2) is 5.49. The van der Waals surface area contributed by atoms with Crippen LogP contribution in [0.1, 0.15) is 24.2 Å². The summed E-state index contributed by atoms with van der Waals surface area (Å²) in [5, 5.41) is 18.3. The molecule has 18 heavy (non-hydrogen) atoms. The van der Waals surface area contributed by atoms with Gasteiger partial charge < -0.3 is 14.9 Å². The van der Waals surface area contributed by atoms with Gasteiger partial charge in [-0.25, -0.2) is 4.79 Å². The summed E-state index contributed by atoms with van der Waals surface area (Å²) in [6.07, 6.45) is 0. The van der Waals surface area contributed by atoms with Gasteiger partial charge in [-0.1, -0.05) is 15.9 Å². The van der Waals surface area contributed by atoms with Crippen LogP contribution in [0.25, 0.3) is 0 Å². The summed E-state index contributed by atoms with van der Waals surface area (Å²) < 4.78 is 5.92. The average molecular weight is 317 g/mol. The van der Waals surface area contributed by atoms with E-state index in [4.69, 9.17) is 9.84 Å². The van der Waals surface area contributed by atoms with Gasteiger partial charge in [0.2, 0.25) is 0 Å². The van der Waals surface area contributed by atoms with Crippen molar-refractivity contribution in [2.75, 3.05) is 6.61 Å². The van der Waals surface area contributed by atoms with Gasteiger partial charge in [0, 0.05) is 4.47 Å². The van der Waals surface area contributed by atoms with Gasteiger partial charge >= 0.3 is 5.97 Å². The van der Waals surface area contributed by atoms with E-state index >= 15 is 0 Å². The predicted octanol–water partition coefficient (Wildman–Crippen LogP) is 1.87. The molecule has 1 unspecified atom stereocenters. The van der Waals surface area contributed by atoms with Gasteiger partial charge in [0.05, 0.1) is 5.56 Å². The van der Waals surface area contributed by atoms with Crippen LogP contribution in [0.5, 0.6) is 5.75 Å². The van der Waals surface area contributed by atoms with Crippen molar-refractivity contribution in [1.82, 2.24) is 0 Å². The second-order valence-electron chi connectivity index (χ2n) is 4.06. The van der Waals surface area contributed by atoms with Crippen LogP contribution in [0.3, 0.4) is 0 Å². The van der Waals surface area contributed by atoms with Gasteiger partial charge in [0.25, 0.3) is 0 Å². The monoisotopic (exact) mass is 316 g/mol. The van der Waals surface area contributed by atoms with E-state index in [0.29, 0.717) is 10.0 Å². The molecule has 0 aromatic heterocycles. The number of hydrogen-bond donors (Lipinski definition) is 2. The van der Waals surface area contributed by atoms with Crippen LogP contribution in [0.15, 0.2) is 22.7 Å². The van der Waals surface area contributed by atoms with Crippen LogP contribution in [0.2, 0.25) is 0 Å². The molecule has 0 spiro atoms. The van der Waals surface area contributed by atoms with Crippen molar-refractivity contribution in [3.8, 4) is 5.75 Å². The van der Waals surface area contributed by atoms with Crippen molar-refractivity contribution in [1.29, 1.82) is 0 Å². The third kappa shape index (κ3) is 3.54. The maximum Gasteiger partial charge on any atom is 0.339 e. The average Bonchev–Trinajstić information content (AvgIpc) is 2.27. The predicted molar refractivity (Wildman–Crippen MR) is 67.9 cm³/mol. The Balaban J connectivity index is 2.92. The molecular weight excluding hydrogens is 304 g/mol. The molecule has 0 saturated carbocycles. The minimum absolute atomic E-state index is 0.207. The van der Waals surface area contributed by atoms with E-state index in [0.717, 1.165) is 6.92 Å². The number of hydrogen-bond acceptors (Lipinski definition) is 4. The summed E-state index contributed by atoms with van der Waals surface area (Å²) >= 11 is 3.23. The zero-order valence-electron chi connectivity index (χ0n) is 9.94. The van der Waals surface area contributed by atoms with Gasteiger partial charge in [-0.05, 0) is 32.0 Å². The number of halogens is 1. The highest BCUT2D eigenvalue weighted by Gasteiger charge is 2.31. The molecule has 1 aromatic carbocycles. The molecule has 5 nitrogen and oxygen atoms in total. The minimum Gasteiger partial charge on any atom is -0.489 e. The Morgan fingerprint density at radius 3 is 2.56 bits per heavy atom. The first kappa shape index (κ1) is 14.7. The number of rotatable bonds is 5. The van der Waals surface area contributed by atoms with Crippen molar-refractivity contribution < 1.29 is 24.5 Å². The molecule has 0 aliphatic carbocycles. The molecule has 0 aliphatic heterocycles. The number of benzene rings is 1. The van der Waals surface area contributed by atoms with Crippen LogP contribution in [0, 0.1) is 0 Å². The van der Waals surface area contributed by atoms with E-state index in [1.807, 2.05) is 0 Å². The molecule has 1 rings (SSSR count). The highest BCUT2D eigenvalue weighted by Crippen LogP contribution is 2.24. The fraction of sp³-hybridized carbons (Fsp3) is 0.333. The van der Waals surface area contributed by atoms with E-state index in [2.05, 4.69) is 15.9 Å². The number of carbonyl (C=O) groups is 2. The number of carboxylic acids is 1. The van der Waals surface area contributed by atoms with Crippen molar-refractivity contribution in [2.45, 2.75) is 19.4 Å². The Labute approximate surface area is 113 Å². The first-order chi connectivity index (χ1) is 8.24. The summed E-state index contributed by atoms with van der Waals surface area (Å²) in [4.78, 5) is 22.1. The van der Waals surface area contributed by atoms with Gasteiger partial charge in [-0.3, -0.25) is 4.79 Å². The van der Waals surface area contributed by atoms with Crippen molar-refractivity contribution in [3.63, 3.8) is 0 Å². The molecule has 0 heterocycles. The number of carbonyl (C=O) groups excluding carboxylic acids is 1. The standard InChI is InChI=1S/C12H13BrO5/c1-7(14)9-5-8(13)3-4-10(9)18-6-12(2,17)11(15)16/h3-5,17H,6H2,1-2H3,(H,15,16). The maximum atomic E-state index is 11.4. The maximum absolute atomic E-state index is 11.4. The molecule has 2 N–H and O–H groups in total.